The van der Waals surface area contributed by atoms with Crippen molar-refractivity contribution in [3.8, 4) is 0 Å². The van der Waals surface area contributed by atoms with E-state index in [4.69, 9.17) is 23.2 Å². The van der Waals surface area contributed by atoms with E-state index < -0.39 is 0 Å². The summed E-state index contributed by atoms with van der Waals surface area (Å²) in [5.74, 6) is -0.0537. The molecule has 0 aromatic heterocycles. The van der Waals surface area contributed by atoms with Crippen molar-refractivity contribution in [3.05, 3.63) is 33.8 Å². The lowest BCUT2D eigenvalue weighted by Gasteiger charge is -2.29. The molecule has 19 heavy (non-hydrogen) atoms. The van der Waals surface area contributed by atoms with E-state index in [1.165, 1.54) is 12.8 Å². The Morgan fingerprint density at radius 3 is 2.37 bits per heavy atom. The van der Waals surface area contributed by atoms with Gasteiger partial charge in [0, 0.05) is 17.9 Å². The van der Waals surface area contributed by atoms with Crippen molar-refractivity contribution in [3.63, 3.8) is 0 Å². The van der Waals surface area contributed by atoms with Gasteiger partial charge in [0.2, 0.25) is 0 Å². The third-order valence-electron chi connectivity index (χ3n) is 3.53. The van der Waals surface area contributed by atoms with Crippen molar-refractivity contribution in [2.45, 2.75) is 31.7 Å². The van der Waals surface area contributed by atoms with Gasteiger partial charge in [0.15, 0.2) is 0 Å². The molecule has 1 aromatic carbocycles. The van der Waals surface area contributed by atoms with Crippen LogP contribution in [-0.2, 0) is 0 Å². The van der Waals surface area contributed by atoms with E-state index in [1.807, 2.05) is 4.90 Å². The SMILES string of the molecule is O=C(c1c(Cl)cccc1Cl)N(CCBr)C1CCCC1. The lowest BCUT2D eigenvalue weighted by atomic mass is 10.1. The van der Waals surface area contributed by atoms with E-state index in [2.05, 4.69) is 15.9 Å². The molecule has 0 saturated heterocycles. The van der Waals surface area contributed by atoms with E-state index in [0.717, 1.165) is 18.2 Å². The highest BCUT2D eigenvalue weighted by atomic mass is 79.9. The van der Waals surface area contributed by atoms with Crippen LogP contribution < -0.4 is 0 Å². The molecule has 0 heterocycles. The zero-order valence-electron chi connectivity index (χ0n) is 10.5. The predicted molar refractivity (Wildman–Crippen MR) is 83.5 cm³/mol. The summed E-state index contributed by atoms with van der Waals surface area (Å²) >= 11 is 15.7. The van der Waals surface area contributed by atoms with Crippen LogP contribution in [0.1, 0.15) is 36.0 Å². The number of rotatable bonds is 4. The van der Waals surface area contributed by atoms with Gasteiger partial charge in [-0.1, -0.05) is 58.0 Å². The minimum atomic E-state index is -0.0537. The zero-order valence-corrected chi connectivity index (χ0v) is 13.6. The van der Waals surface area contributed by atoms with Crippen LogP contribution >= 0.6 is 39.1 Å². The van der Waals surface area contributed by atoms with Gasteiger partial charge in [0.25, 0.3) is 5.91 Å². The monoisotopic (exact) mass is 363 g/mol. The first-order chi connectivity index (χ1) is 9.15. The molecule has 0 unspecified atom stereocenters. The molecule has 0 spiro atoms. The van der Waals surface area contributed by atoms with Gasteiger partial charge in [-0.15, -0.1) is 0 Å². The highest BCUT2D eigenvalue weighted by molar-refractivity contribution is 9.09. The summed E-state index contributed by atoms with van der Waals surface area (Å²) in [5, 5.41) is 1.61. The number of hydrogen-bond acceptors (Lipinski definition) is 1. The van der Waals surface area contributed by atoms with E-state index >= 15 is 0 Å². The maximum absolute atomic E-state index is 12.7. The van der Waals surface area contributed by atoms with Gasteiger partial charge in [-0.05, 0) is 25.0 Å². The largest absolute Gasteiger partial charge is 0.335 e. The van der Waals surface area contributed by atoms with E-state index in [9.17, 15) is 4.79 Å². The lowest BCUT2D eigenvalue weighted by molar-refractivity contribution is 0.0696. The number of hydrogen-bond donors (Lipinski definition) is 0. The molecule has 1 aliphatic rings. The summed E-state index contributed by atoms with van der Waals surface area (Å²) in [4.78, 5) is 14.6. The maximum Gasteiger partial charge on any atom is 0.257 e. The van der Waals surface area contributed by atoms with Crippen LogP contribution in [-0.4, -0.2) is 28.7 Å². The van der Waals surface area contributed by atoms with Crippen LogP contribution in [0.15, 0.2) is 18.2 Å². The fourth-order valence-electron chi connectivity index (χ4n) is 2.60. The second-order valence-electron chi connectivity index (χ2n) is 4.72. The van der Waals surface area contributed by atoms with Crippen molar-refractivity contribution in [1.29, 1.82) is 0 Å². The van der Waals surface area contributed by atoms with Gasteiger partial charge < -0.3 is 4.90 Å². The molecular formula is C14H16BrCl2NO. The van der Waals surface area contributed by atoms with Gasteiger partial charge in [0.05, 0.1) is 15.6 Å². The molecule has 0 atom stereocenters. The number of carbonyl (C=O) groups is 1. The number of nitrogens with zero attached hydrogens (tertiary/aromatic N) is 1. The Morgan fingerprint density at radius 1 is 1.26 bits per heavy atom. The third-order valence-corrected chi connectivity index (χ3v) is 4.51. The zero-order chi connectivity index (χ0) is 13.8. The molecular weight excluding hydrogens is 349 g/mol. The second kappa shape index (κ2) is 6.96. The first kappa shape index (κ1) is 15.1. The molecule has 0 radical (unpaired) electrons. The molecule has 0 aliphatic heterocycles. The molecule has 1 saturated carbocycles. The standard InChI is InChI=1S/C14H16BrCl2NO/c15-8-9-18(10-4-1-2-5-10)14(19)13-11(16)6-3-7-12(13)17/h3,6-7,10H,1-2,4-5,8-9H2. The van der Waals surface area contributed by atoms with E-state index in [0.29, 0.717) is 28.2 Å². The molecule has 1 fully saturated rings. The Bertz CT molecular complexity index is 441. The van der Waals surface area contributed by atoms with Crippen LogP contribution in [0.2, 0.25) is 10.0 Å². The highest BCUT2D eigenvalue weighted by Crippen LogP contribution is 2.30. The van der Waals surface area contributed by atoms with Crippen LogP contribution in [0.3, 0.4) is 0 Å². The topological polar surface area (TPSA) is 20.3 Å². The Hall–Kier alpha value is -0.250. The smallest absolute Gasteiger partial charge is 0.257 e. The number of benzene rings is 1. The number of halogens is 3. The van der Waals surface area contributed by atoms with Crippen LogP contribution in [0.4, 0.5) is 0 Å². The first-order valence-electron chi connectivity index (χ1n) is 6.46. The Kier molecular flexibility index (Phi) is 5.55. The van der Waals surface area contributed by atoms with Gasteiger partial charge in [0.1, 0.15) is 0 Å². The summed E-state index contributed by atoms with van der Waals surface area (Å²) in [6, 6.07) is 5.49. The van der Waals surface area contributed by atoms with E-state index in [1.54, 1.807) is 18.2 Å². The van der Waals surface area contributed by atoms with Crippen molar-refractivity contribution in [2.24, 2.45) is 0 Å². The molecule has 0 N–H and O–H groups in total. The van der Waals surface area contributed by atoms with Crippen molar-refractivity contribution < 1.29 is 4.79 Å². The summed E-state index contributed by atoms with van der Waals surface area (Å²) in [5.41, 5.74) is 0.429. The maximum atomic E-state index is 12.7. The fourth-order valence-corrected chi connectivity index (χ4v) is 3.54. The first-order valence-corrected chi connectivity index (χ1v) is 8.34. The third kappa shape index (κ3) is 3.45. The molecule has 2 nitrogen and oxygen atoms in total. The van der Waals surface area contributed by atoms with Crippen molar-refractivity contribution in [2.75, 3.05) is 11.9 Å². The number of amides is 1. The number of alkyl halides is 1. The number of carbonyl (C=O) groups excluding carboxylic acids is 1. The fraction of sp³-hybridized carbons (Fsp3) is 0.500. The van der Waals surface area contributed by atoms with Gasteiger partial charge in [-0.2, -0.15) is 0 Å². The summed E-state index contributed by atoms with van der Waals surface area (Å²) < 4.78 is 0. The molecule has 1 amide bonds. The summed E-state index contributed by atoms with van der Waals surface area (Å²) in [7, 11) is 0. The summed E-state index contributed by atoms with van der Waals surface area (Å²) in [6.45, 7) is 0.686. The molecule has 1 aromatic rings. The van der Waals surface area contributed by atoms with Gasteiger partial charge in [-0.25, -0.2) is 0 Å². The molecule has 0 bridgehead atoms. The highest BCUT2D eigenvalue weighted by Gasteiger charge is 2.29. The van der Waals surface area contributed by atoms with Crippen LogP contribution in [0, 0.1) is 0 Å². The molecule has 5 heteroatoms. The Morgan fingerprint density at radius 2 is 1.84 bits per heavy atom. The average Bonchev–Trinajstić information content (AvgIpc) is 2.89. The molecule has 104 valence electrons. The van der Waals surface area contributed by atoms with Gasteiger partial charge >= 0.3 is 0 Å². The van der Waals surface area contributed by atoms with Crippen molar-refractivity contribution >= 4 is 45.0 Å². The van der Waals surface area contributed by atoms with Crippen LogP contribution in [0.5, 0.6) is 0 Å². The lowest BCUT2D eigenvalue weighted by Crippen LogP contribution is -2.40. The van der Waals surface area contributed by atoms with Crippen molar-refractivity contribution in [1.82, 2.24) is 4.90 Å². The molecule has 1 aliphatic carbocycles. The summed E-state index contributed by atoms with van der Waals surface area (Å²) in [6.07, 6.45) is 4.52. The van der Waals surface area contributed by atoms with Crippen LogP contribution in [0.25, 0.3) is 0 Å². The second-order valence-corrected chi connectivity index (χ2v) is 6.33. The van der Waals surface area contributed by atoms with Gasteiger partial charge in [-0.3, -0.25) is 4.79 Å². The quantitative estimate of drug-likeness (QED) is 0.704. The Labute approximate surface area is 132 Å². The van der Waals surface area contributed by atoms with E-state index in [-0.39, 0.29) is 5.91 Å². The Balaban J connectivity index is 2.28. The average molecular weight is 365 g/mol. The minimum Gasteiger partial charge on any atom is -0.335 e. The minimum absolute atomic E-state index is 0.0537. The predicted octanol–water partition coefficient (Wildman–Crippen LogP) is 4.77. The molecule has 2 rings (SSSR count). The normalized spacial score (nSPS) is 15.7.